The lowest BCUT2D eigenvalue weighted by Gasteiger charge is -2.37. The Hall–Kier alpha value is -0.610. The number of likely N-dealkylation sites (tertiary alicyclic amines) is 1. The summed E-state index contributed by atoms with van der Waals surface area (Å²) in [5.74, 6) is 0.885. The number of carbonyl (C=O) groups is 1. The predicted molar refractivity (Wildman–Crippen MR) is 73.7 cm³/mol. The van der Waals surface area contributed by atoms with Crippen molar-refractivity contribution in [1.29, 1.82) is 0 Å². The molecule has 0 aromatic carbocycles. The van der Waals surface area contributed by atoms with Crippen LogP contribution in [0.3, 0.4) is 0 Å². The summed E-state index contributed by atoms with van der Waals surface area (Å²) >= 11 is 0. The van der Waals surface area contributed by atoms with Gasteiger partial charge in [0.15, 0.2) is 0 Å². The minimum absolute atomic E-state index is 0.307. The number of amides is 1. The van der Waals surface area contributed by atoms with Crippen molar-refractivity contribution < 1.29 is 9.90 Å². The normalized spacial score (nSPS) is 37.4. The van der Waals surface area contributed by atoms with Crippen molar-refractivity contribution in [2.75, 3.05) is 13.1 Å². The number of hydrogen-bond donors (Lipinski definition) is 2. The molecule has 3 rings (SSSR count). The van der Waals surface area contributed by atoms with E-state index in [1.807, 2.05) is 11.8 Å². The van der Waals surface area contributed by atoms with E-state index in [9.17, 15) is 9.90 Å². The fourth-order valence-electron chi connectivity index (χ4n) is 3.96. The van der Waals surface area contributed by atoms with Gasteiger partial charge in [-0.3, -0.25) is 4.79 Å². The number of nitrogens with zero attached hydrogens (tertiary/aromatic N) is 1. The standard InChI is InChI=1S/C15H26N2O2/c1-15(19)4-6-17(7-5-15)14(18)10-11-8-12-2-3-13(9-11)16-12/h11-13,16,19H,2-10H2,1H3. The van der Waals surface area contributed by atoms with Gasteiger partial charge in [-0.2, -0.15) is 0 Å². The maximum atomic E-state index is 12.3. The third-order valence-electron chi connectivity index (χ3n) is 5.23. The Morgan fingerprint density at radius 1 is 1.26 bits per heavy atom. The molecule has 3 aliphatic heterocycles. The molecule has 0 radical (unpaired) electrons. The van der Waals surface area contributed by atoms with Gasteiger partial charge in [0.25, 0.3) is 0 Å². The average Bonchev–Trinajstić information content (AvgIpc) is 2.68. The molecule has 19 heavy (non-hydrogen) atoms. The molecule has 2 N–H and O–H groups in total. The number of nitrogens with one attached hydrogen (secondary N) is 1. The topological polar surface area (TPSA) is 52.6 Å². The largest absolute Gasteiger partial charge is 0.390 e. The van der Waals surface area contributed by atoms with E-state index in [1.165, 1.54) is 25.7 Å². The molecular weight excluding hydrogens is 240 g/mol. The van der Waals surface area contributed by atoms with E-state index in [1.54, 1.807) is 0 Å². The van der Waals surface area contributed by atoms with Crippen molar-refractivity contribution in [2.45, 2.75) is 69.6 Å². The number of rotatable bonds is 2. The Bertz CT molecular complexity index is 334. The van der Waals surface area contributed by atoms with Crippen molar-refractivity contribution in [2.24, 2.45) is 5.92 Å². The first-order valence-corrected chi connectivity index (χ1v) is 7.78. The molecule has 4 nitrogen and oxygen atoms in total. The van der Waals surface area contributed by atoms with Crippen molar-refractivity contribution in [3.05, 3.63) is 0 Å². The lowest BCUT2D eigenvalue weighted by Crippen LogP contribution is -2.46. The van der Waals surface area contributed by atoms with Crippen LogP contribution in [0.15, 0.2) is 0 Å². The Balaban J connectivity index is 1.49. The summed E-state index contributed by atoms with van der Waals surface area (Å²) in [5.41, 5.74) is -0.565. The second-order valence-corrected chi connectivity index (χ2v) is 7.06. The zero-order chi connectivity index (χ0) is 13.5. The number of fused-ring (bicyclic) bond motifs is 2. The molecule has 0 aromatic heterocycles. The summed E-state index contributed by atoms with van der Waals surface area (Å²) < 4.78 is 0. The lowest BCUT2D eigenvalue weighted by atomic mass is 9.88. The van der Waals surface area contributed by atoms with Crippen LogP contribution < -0.4 is 5.32 Å². The van der Waals surface area contributed by atoms with E-state index < -0.39 is 5.60 Å². The first-order valence-electron chi connectivity index (χ1n) is 7.78. The van der Waals surface area contributed by atoms with Gasteiger partial charge in [0.2, 0.25) is 5.91 Å². The van der Waals surface area contributed by atoms with Crippen LogP contribution in [0.5, 0.6) is 0 Å². The Morgan fingerprint density at radius 2 is 1.84 bits per heavy atom. The predicted octanol–water partition coefficient (Wildman–Crippen LogP) is 1.28. The summed E-state index contributed by atoms with van der Waals surface area (Å²) in [4.78, 5) is 14.3. The third-order valence-corrected chi connectivity index (χ3v) is 5.23. The van der Waals surface area contributed by atoms with Crippen molar-refractivity contribution in [3.8, 4) is 0 Å². The second kappa shape index (κ2) is 5.06. The number of carbonyl (C=O) groups excluding carboxylic acids is 1. The molecule has 2 unspecified atom stereocenters. The first kappa shape index (κ1) is 13.4. The van der Waals surface area contributed by atoms with Crippen molar-refractivity contribution >= 4 is 5.91 Å². The summed E-state index contributed by atoms with van der Waals surface area (Å²) in [6.07, 6.45) is 7.09. The highest BCUT2D eigenvalue weighted by molar-refractivity contribution is 5.76. The van der Waals surface area contributed by atoms with Crippen LogP contribution in [0.25, 0.3) is 0 Å². The van der Waals surface area contributed by atoms with Gasteiger partial charge in [-0.1, -0.05) is 0 Å². The van der Waals surface area contributed by atoms with E-state index in [0.29, 0.717) is 23.9 Å². The molecule has 3 heterocycles. The van der Waals surface area contributed by atoms with Gasteiger partial charge in [0.1, 0.15) is 0 Å². The van der Waals surface area contributed by atoms with E-state index in [0.717, 1.165) is 32.4 Å². The maximum Gasteiger partial charge on any atom is 0.222 e. The molecule has 3 saturated heterocycles. The van der Waals surface area contributed by atoms with Gasteiger partial charge in [-0.05, 0) is 51.4 Å². The van der Waals surface area contributed by atoms with Crippen LogP contribution in [-0.2, 0) is 4.79 Å². The molecule has 0 aliphatic carbocycles. The summed E-state index contributed by atoms with van der Waals surface area (Å²) in [6, 6.07) is 1.33. The van der Waals surface area contributed by atoms with E-state index in [-0.39, 0.29) is 0 Å². The molecule has 0 saturated carbocycles. The van der Waals surface area contributed by atoms with Gasteiger partial charge >= 0.3 is 0 Å². The molecule has 4 heteroatoms. The third kappa shape index (κ3) is 3.11. The van der Waals surface area contributed by atoms with Gasteiger partial charge < -0.3 is 15.3 Å². The van der Waals surface area contributed by atoms with Gasteiger partial charge in [-0.15, -0.1) is 0 Å². The average molecular weight is 266 g/mol. The SMILES string of the molecule is CC1(O)CCN(C(=O)CC2CC3CCC(C2)N3)CC1. The Kier molecular flexibility index (Phi) is 3.56. The lowest BCUT2D eigenvalue weighted by molar-refractivity contribution is -0.136. The van der Waals surface area contributed by atoms with Crippen molar-refractivity contribution in [1.82, 2.24) is 10.2 Å². The van der Waals surface area contributed by atoms with Gasteiger partial charge in [-0.25, -0.2) is 0 Å². The first-order chi connectivity index (χ1) is 9.02. The molecule has 2 bridgehead atoms. The minimum atomic E-state index is -0.565. The molecular formula is C15H26N2O2. The number of piperidine rings is 2. The quantitative estimate of drug-likeness (QED) is 0.791. The molecule has 108 valence electrons. The van der Waals surface area contributed by atoms with Crippen molar-refractivity contribution in [3.63, 3.8) is 0 Å². The monoisotopic (exact) mass is 266 g/mol. The highest BCUT2D eigenvalue weighted by Crippen LogP contribution is 2.33. The fraction of sp³-hybridized carbons (Fsp3) is 0.933. The van der Waals surface area contributed by atoms with Crippen LogP contribution in [0.2, 0.25) is 0 Å². The molecule has 2 atom stereocenters. The number of aliphatic hydroxyl groups is 1. The zero-order valence-electron chi connectivity index (χ0n) is 11.9. The van der Waals surface area contributed by atoms with E-state index in [4.69, 9.17) is 0 Å². The second-order valence-electron chi connectivity index (χ2n) is 7.06. The summed E-state index contributed by atoms with van der Waals surface area (Å²) in [7, 11) is 0. The summed E-state index contributed by atoms with van der Waals surface area (Å²) in [6.45, 7) is 3.33. The Labute approximate surface area is 115 Å². The Morgan fingerprint density at radius 3 is 2.42 bits per heavy atom. The molecule has 3 aliphatic rings. The molecule has 0 spiro atoms. The van der Waals surface area contributed by atoms with Crippen LogP contribution in [0.1, 0.15) is 51.9 Å². The highest BCUT2D eigenvalue weighted by atomic mass is 16.3. The highest BCUT2D eigenvalue weighted by Gasteiger charge is 2.36. The fourth-order valence-corrected chi connectivity index (χ4v) is 3.96. The van der Waals surface area contributed by atoms with Crippen LogP contribution >= 0.6 is 0 Å². The molecule has 3 fully saturated rings. The van der Waals surface area contributed by atoms with E-state index in [2.05, 4.69) is 5.32 Å². The maximum absolute atomic E-state index is 12.3. The zero-order valence-corrected chi connectivity index (χ0v) is 11.9. The van der Waals surface area contributed by atoms with Crippen LogP contribution in [-0.4, -0.2) is 46.7 Å². The smallest absolute Gasteiger partial charge is 0.222 e. The van der Waals surface area contributed by atoms with Gasteiger partial charge in [0, 0.05) is 31.6 Å². The molecule has 0 aromatic rings. The van der Waals surface area contributed by atoms with Crippen LogP contribution in [0, 0.1) is 5.92 Å². The van der Waals surface area contributed by atoms with Crippen LogP contribution in [0.4, 0.5) is 0 Å². The summed E-state index contributed by atoms with van der Waals surface area (Å²) in [5, 5.41) is 13.6. The minimum Gasteiger partial charge on any atom is -0.390 e. The molecule has 1 amide bonds. The van der Waals surface area contributed by atoms with Gasteiger partial charge in [0.05, 0.1) is 5.60 Å². The number of hydrogen-bond acceptors (Lipinski definition) is 3. The van der Waals surface area contributed by atoms with E-state index >= 15 is 0 Å².